The summed E-state index contributed by atoms with van der Waals surface area (Å²) in [6.07, 6.45) is 0. The average molecular weight is 202 g/mol. The van der Waals surface area contributed by atoms with Crippen molar-refractivity contribution in [1.82, 2.24) is 0 Å². The highest BCUT2D eigenvalue weighted by Crippen LogP contribution is 2.13. The normalized spacial score (nSPS) is 12.9. The lowest BCUT2D eigenvalue weighted by molar-refractivity contribution is 1.01. The third-order valence-corrected chi connectivity index (χ3v) is 2.86. The zero-order valence-electron chi connectivity index (χ0n) is 9.46. The Morgan fingerprint density at radius 1 is 1.07 bits per heavy atom. The van der Waals surface area contributed by atoms with Crippen LogP contribution >= 0.6 is 0 Å². The first-order valence-electron chi connectivity index (χ1n) is 5.07. The van der Waals surface area contributed by atoms with Crippen molar-refractivity contribution in [2.75, 3.05) is 0 Å². The molecule has 74 valence electrons. The molecule has 0 aliphatic carbocycles. The predicted molar refractivity (Wildman–Crippen MR) is 66.0 cm³/mol. The average Bonchev–Trinajstić information content (AvgIpc) is 2.14. The molecule has 1 rings (SSSR count). The van der Waals surface area contributed by atoms with Crippen LogP contribution in [0.15, 0.2) is 30.3 Å². The summed E-state index contributed by atoms with van der Waals surface area (Å²) in [5, 5.41) is 0. The second-order valence-electron chi connectivity index (χ2n) is 4.65. The van der Waals surface area contributed by atoms with Gasteiger partial charge in [0.1, 0.15) is 8.07 Å². The Labute approximate surface area is 88.4 Å². The molecule has 1 aromatic rings. The molecular weight excluding hydrogens is 184 g/mol. The molecule has 0 heterocycles. The number of hydrogen-bond donors (Lipinski definition) is 0. The van der Waals surface area contributed by atoms with Gasteiger partial charge < -0.3 is 0 Å². The van der Waals surface area contributed by atoms with Gasteiger partial charge in [0.15, 0.2) is 0 Å². The van der Waals surface area contributed by atoms with Crippen molar-refractivity contribution < 1.29 is 0 Å². The van der Waals surface area contributed by atoms with Gasteiger partial charge in [-0.1, -0.05) is 50.0 Å². The molecule has 0 amide bonds. The zero-order chi connectivity index (χ0) is 10.6. The van der Waals surface area contributed by atoms with Gasteiger partial charge in [0.05, 0.1) is 0 Å². The van der Waals surface area contributed by atoms with E-state index in [2.05, 4.69) is 62.3 Å². The molecule has 1 aromatic carbocycles. The van der Waals surface area contributed by atoms with Gasteiger partial charge in [-0.3, -0.25) is 0 Å². The molecule has 0 spiro atoms. The topological polar surface area (TPSA) is 0 Å². The molecule has 0 aliphatic heterocycles. The van der Waals surface area contributed by atoms with Crippen LogP contribution in [0, 0.1) is 11.5 Å². The molecule has 0 aromatic heterocycles. The van der Waals surface area contributed by atoms with E-state index in [9.17, 15) is 0 Å². The van der Waals surface area contributed by atoms with Crippen molar-refractivity contribution in [2.45, 2.75) is 32.5 Å². The summed E-state index contributed by atoms with van der Waals surface area (Å²) in [7, 11) is -1.21. The van der Waals surface area contributed by atoms with Crippen LogP contribution in [0.25, 0.3) is 0 Å². The summed E-state index contributed by atoms with van der Waals surface area (Å²) in [6, 6.07) is 10.5. The molecule has 0 fully saturated rings. The summed E-state index contributed by atoms with van der Waals surface area (Å²) in [4.78, 5) is 0. The fourth-order valence-corrected chi connectivity index (χ4v) is 1.80. The van der Waals surface area contributed by atoms with Crippen LogP contribution < -0.4 is 0 Å². The van der Waals surface area contributed by atoms with E-state index >= 15 is 0 Å². The summed E-state index contributed by atoms with van der Waals surface area (Å²) in [5.41, 5.74) is 4.73. The van der Waals surface area contributed by atoms with E-state index in [4.69, 9.17) is 0 Å². The minimum Gasteiger partial charge on any atom is -0.131 e. The maximum atomic E-state index is 3.41. The van der Waals surface area contributed by atoms with Gasteiger partial charge in [0, 0.05) is 5.92 Å². The number of rotatable bonds is 1. The molecule has 0 bridgehead atoms. The fourth-order valence-electron chi connectivity index (χ4n) is 1.15. The first-order valence-corrected chi connectivity index (χ1v) is 8.57. The largest absolute Gasteiger partial charge is 0.131 e. The monoisotopic (exact) mass is 202 g/mol. The molecule has 0 N–H and O–H groups in total. The Kier molecular flexibility index (Phi) is 3.54. The lowest BCUT2D eigenvalue weighted by atomic mass is 10.0. The van der Waals surface area contributed by atoms with Gasteiger partial charge in [0.25, 0.3) is 0 Å². The number of benzene rings is 1. The summed E-state index contributed by atoms with van der Waals surface area (Å²) >= 11 is 0. The number of hydrogen-bond acceptors (Lipinski definition) is 0. The van der Waals surface area contributed by atoms with Crippen LogP contribution in [0.4, 0.5) is 0 Å². The van der Waals surface area contributed by atoms with Gasteiger partial charge in [-0.15, -0.1) is 11.5 Å². The third kappa shape index (κ3) is 3.80. The van der Waals surface area contributed by atoms with Crippen molar-refractivity contribution in [3.05, 3.63) is 35.9 Å². The Morgan fingerprint density at radius 3 is 2.14 bits per heavy atom. The molecule has 0 saturated heterocycles. The van der Waals surface area contributed by atoms with Gasteiger partial charge >= 0.3 is 0 Å². The first kappa shape index (κ1) is 11.1. The van der Waals surface area contributed by atoms with Crippen LogP contribution in [-0.4, -0.2) is 8.07 Å². The Morgan fingerprint density at radius 2 is 1.64 bits per heavy atom. The molecule has 1 unspecified atom stereocenters. The molecule has 1 atom stereocenters. The summed E-state index contributed by atoms with van der Waals surface area (Å²) in [5.74, 6) is 3.71. The van der Waals surface area contributed by atoms with Crippen LogP contribution in [0.2, 0.25) is 19.6 Å². The molecular formula is C13H18Si. The quantitative estimate of drug-likeness (QED) is 0.481. The fraction of sp³-hybridized carbons (Fsp3) is 0.385. The van der Waals surface area contributed by atoms with Crippen LogP contribution in [0.3, 0.4) is 0 Å². The van der Waals surface area contributed by atoms with Crippen LogP contribution in [0.1, 0.15) is 18.4 Å². The molecule has 0 nitrogen and oxygen atoms in total. The highest BCUT2D eigenvalue weighted by Gasteiger charge is 2.08. The van der Waals surface area contributed by atoms with E-state index in [1.807, 2.05) is 6.07 Å². The smallest absolute Gasteiger partial charge is 0.129 e. The Balaban J connectivity index is 2.76. The highest BCUT2D eigenvalue weighted by molar-refractivity contribution is 6.83. The zero-order valence-corrected chi connectivity index (χ0v) is 10.5. The Bertz CT molecular complexity index is 335. The summed E-state index contributed by atoms with van der Waals surface area (Å²) < 4.78 is 0. The van der Waals surface area contributed by atoms with E-state index in [1.165, 1.54) is 5.56 Å². The lowest BCUT2D eigenvalue weighted by Gasteiger charge is -2.07. The predicted octanol–water partition coefficient (Wildman–Crippen LogP) is 3.67. The van der Waals surface area contributed by atoms with Crippen LogP contribution in [0.5, 0.6) is 0 Å². The van der Waals surface area contributed by atoms with Crippen molar-refractivity contribution in [3.63, 3.8) is 0 Å². The van der Waals surface area contributed by atoms with Crippen LogP contribution in [-0.2, 0) is 0 Å². The molecule has 0 saturated carbocycles. The standard InChI is InChI=1S/C13H18Si/c1-12(10-11-14(2,3)4)13-8-6-5-7-9-13/h5-9,12H,1-4H3. The van der Waals surface area contributed by atoms with Gasteiger partial charge in [-0.25, -0.2) is 0 Å². The van der Waals surface area contributed by atoms with Crippen molar-refractivity contribution >= 4 is 8.07 Å². The van der Waals surface area contributed by atoms with Gasteiger partial charge in [0.2, 0.25) is 0 Å². The third-order valence-electron chi connectivity index (χ3n) is 1.96. The van der Waals surface area contributed by atoms with Crippen molar-refractivity contribution in [1.29, 1.82) is 0 Å². The minimum atomic E-state index is -1.21. The second kappa shape index (κ2) is 4.48. The lowest BCUT2D eigenvalue weighted by Crippen LogP contribution is -2.16. The minimum absolute atomic E-state index is 0.364. The van der Waals surface area contributed by atoms with E-state index < -0.39 is 8.07 Å². The van der Waals surface area contributed by atoms with E-state index in [0.717, 1.165) is 0 Å². The van der Waals surface area contributed by atoms with Crippen molar-refractivity contribution in [2.24, 2.45) is 0 Å². The maximum absolute atomic E-state index is 3.41. The van der Waals surface area contributed by atoms with E-state index in [0.29, 0.717) is 5.92 Å². The van der Waals surface area contributed by atoms with Gasteiger partial charge in [-0.2, -0.15) is 0 Å². The summed E-state index contributed by atoms with van der Waals surface area (Å²) in [6.45, 7) is 9.00. The van der Waals surface area contributed by atoms with Crippen molar-refractivity contribution in [3.8, 4) is 11.5 Å². The van der Waals surface area contributed by atoms with E-state index in [1.54, 1.807) is 0 Å². The van der Waals surface area contributed by atoms with Gasteiger partial charge in [-0.05, 0) is 12.5 Å². The molecule has 14 heavy (non-hydrogen) atoms. The molecule has 1 heteroatoms. The highest BCUT2D eigenvalue weighted by atomic mass is 28.3. The SMILES string of the molecule is CC(C#C[Si](C)(C)C)c1ccccc1. The second-order valence-corrected chi connectivity index (χ2v) is 9.40. The first-order chi connectivity index (χ1) is 6.49. The Hall–Kier alpha value is -1.00. The molecule has 0 aliphatic rings. The van der Waals surface area contributed by atoms with E-state index in [-0.39, 0.29) is 0 Å². The maximum Gasteiger partial charge on any atom is 0.129 e. The molecule has 0 radical (unpaired) electrons.